The highest BCUT2D eigenvalue weighted by molar-refractivity contribution is 6.30. The molecule has 92 valence electrons. The fourth-order valence-electron chi connectivity index (χ4n) is 1.85. The molecule has 0 unspecified atom stereocenters. The average molecular weight is 258 g/mol. The first-order valence-corrected chi connectivity index (χ1v) is 6.34. The van der Waals surface area contributed by atoms with Crippen LogP contribution in [-0.4, -0.2) is 0 Å². The Hall–Kier alpha value is -1.73. The van der Waals surface area contributed by atoms with E-state index in [1.165, 1.54) is 11.1 Å². The van der Waals surface area contributed by atoms with Crippen molar-refractivity contribution >= 4 is 17.3 Å². The number of rotatable bonds is 5. The summed E-state index contributed by atoms with van der Waals surface area (Å²) in [6, 6.07) is 16.1. The first-order valence-electron chi connectivity index (χ1n) is 5.96. The van der Waals surface area contributed by atoms with Gasteiger partial charge in [0.25, 0.3) is 0 Å². The number of halogens is 1. The molecule has 0 saturated heterocycles. The van der Waals surface area contributed by atoms with Gasteiger partial charge in [0.1, 0.15) is 0 Å². The zero-order chi connectivity index (χ0) is 12.8. The number of allylic oxidation sites excluding steroid dienone is 1. The van der Waals surface area contributed by atoms with Gasteiger partial charge in [-0.2, -0.15) is 0 Å². The van der Waals surface area contributed by atoms with Crippen molar-refractivity contribution < 1.29 is 0 Å². The first-order chi connectivity index (χ1) is 8.79. The van der Waals surface area contributed by atoms with Crippen LogP contribution in [0.1, 0.15) is 11.1 Å². The molecule has 2 heteroatoms. The number of hydrogen-bond acceptors (Lipinski definition) is 1. The van der Waals surface area contributed by atoms with Crippen LogP contribution < -0.4 is 5.32 Å². The average Bonchev–Trinajstić information content (AvgIpc) is 2.40. The molecule has 0 aromatic heterocycles. The van der Waals surface area contributed by atoms with E-state index in [9.17, 15) is 0 Å². The van der Waals surface area contributed by atoms with E-state index < -0.39 is 0 Å². The van der Waals surface area contributed by atoms with Crippen molar-refractivity contribution in [1.29, 1.82) is 0 Å². The number of hydrogen-bond donors (Lipinski definition) is 1. The van der Waals surface area contributed by atoms with Crippen LogP contribution in [0.25, 0.3) is 0 Å². The van der Waals surface area contributed by atoms with Crippen LogP contribution in [0.5, 0.6) is 0 Å². The highest BCUT2D eigenvalue weighted by Gasteiger charge is 2.00. The van der Waals surface area contributed by atoms with Gasteiger partial charge in [-0.3, -0.25) is 0 Å². The predicted molar refractivity (Wildman–Crippen MR) is 79.1 cm³/mol. The SMILES string of the molecule is C=CCc1ccccc1CNc1ccc(Cl)cc1. The summed E-state index contributed by atoms with van der Waals surface area (Å²) >= 11 is 5.86. The third kappa shape index (κ3) is 3.38. The van der Waals surface area contributed by atoms with E-state index >= 15 is 0 Å². The quantitative estimate of drug-likeness (QED) is 0.767. The Kier molecular flexibility index (Phi) is 4.43. The predicted octanol–water partition coefficient (Wildman–Crippen LogP) is 4.68. The Labute approximate surface area is 113 Å². The van der Waals surface area contributed by atoms with Gasteiger partial charge in [0, 0.05) is 17.3 Å². The fourth-order valence-corrected chi connectivity index (χ4v) is 1.98. The smallest absolute Gasteiger partial charge is 0.0407 e. The van der Waals surface area contributed by atoms with Crippen molar-refractivity contribution in [3.05, 3.63) is 77.3 Å². The molecule has 2 rings (SSSR count). The normalized spacial score (nSPS) is 10.1. The Bertz CT molecular complexity index is 517. The lowest BCUT2D eigenvalue weighted by Gasteiger charge is -2.10. The van der Waals surface area contributed by atoms with E-state index in [1.807, 2.05) is 30.3 Å². The maximum atomic E-state index is 5.86. The third-order valence-electron chi connectivity index (χ3n) is 2.81. The van der Waals surface area contributed by atoms with Crippen molar-refractivity contribution in [3.8, 4) is 0 Å². The van der Waals surface area contributed by atoms with Crippen molar-refractivity contribution in [1.82, 2.24) is 0 Å². The van der Waals surface area contributed by atoms with E-state index in [2.05, 4.69) is 36.2 Å². The van der Waals surface area contributed by atoms with E-state index in [4.69, 9.17) is 11.6 Å². The van der Waals surface area contributed by atoms with Crippen LogP contribution in [0.2, 0.25) is 5.02 Å². The van der Waals surface area contributed by atoms with E-state index in [-0.39, 0.29) is 0 Å². The second-order valence-electron chi connectivity index (χ2n) is 4.12. The van der Waals surface area contributed by atoms with Crippen molar-refractivity contribution in [2.75, 3.05) is 5.32 Å². The summed E-state index contributed by atoms with van der Waals surface area (Å²) < 4.78 is 0. The van der Waals surface area contributed by atoms with E-state index in [0.717, 1.165) is 23.7 Å². The van der Waals surface area contributed by atoms with Gasteiger partial charge in [-0.15, -0.1) is 6.58 Å². The van der Waals surface area contributed by atoms with Crippen LogP contribution in [0.4, 0.5) is 5.69 Å². The lowest BCUT2D eigenvalue weighted by Crippen LogP contribution is -2.02. The van der Waals surface area contributed by atoms with Crippen LogP contribution in [0.3, 0.4) is 0 Å². The van der Waals surface area contributed by atoms with Crippen LogP contribution in [0, 0.1) is 0 Å². The summed E-state index contributed by atoms with van der Waals surface area (Å²) in [6.07, 6.45) is 2.83. The molecule has 1 N–H and O–H groups in total. The van der Waals surface area contributed by atoms with Crippen molar-refractivity contribution in [2.45, 2.75) is 13.0 Å². The maximum Gasteiger partial charge on any atom is 0.0407 e. The molecule has 0 saturated carbocycles. The topological polar surface area (TPSA) is 12.0 Å². The summed E-state index contributed by atoms with van der Waals surface area (Å²) in [5.74, 6) is 0. The van der Waals surface area contributed by atoms with E-state index in [1.54, 1.807) is 0 Å². The van der Waals surface area contributed by atoms with Crippen LogP contribution >= 0.6 is 11.6 Å². The molecule has 0 amide bonds. The van der Waals surface area contributed by atoms with Gasteiger partial charge in [-0.1, -0.05) is 41.9 Å². The van der Waals surface area contributed by atoms with Gasteiger partial charge < -0.3 is 5.32 Å². The van der Waals surface area contributed by atoms with Gasteiger partial charge in [0.15, 0.2) is 0 Å². The Morgan fingerprint density at radius 2 is 1.67 bits per heavy atom. The number of benzene rings is 2. The van der Waals surface area contributed by atoms with Gasteiger partial charge >= 0.3 is 0 Å². The minimum Gasteiger partial charge on any atom is -0.381 e. The molecule has 0 spiro atoms. The highest BCUT2D eigenvalue weighted by atomic mass is 35.5. The van der Waals surface area contributed by atoms with Crippen molar-refractivity contribution in [2.24, 2.45) is 0 Å². The summed E-state index contributed by atoms with van der Waals surface area (Å²) in [6.45, 7) is 4.60. The number of nitrogens with one attached hydrogen (secondary N) is 1. The maximum absolute atomic E-state index is 5.86. The molecule has 0 bridgehead atoms. The lowest BCUT2D eigenvalue weighted by atomic mass is 10.0. The van der Waals surface area contributed by atoms with Crippen LogP contribution in [-0.2, 0) is 13.0 Å². The molecule has 0 atom stereocenters. The van der Waals surface area contributed by atoms with Crippen LogP contribution in [0.15, 0.2) is 61.2 Å². The Morgan fingerprint density at radius 3 is 2.33 bits per heavy atom. The molecule has 0 heterocycles. The second kappa shape index (κ2) is 6.27. The second-order valence-corrected chi connectivity index (χ2v) is 4.56. The fraction of sp³-hybridized carbons (Fsp3) is 0.125. The molecular formula is C16H16ClN. The van der Waals surface area contributed by atoms with Gasteiger partial charge in [0.05, 0.1) is 0 Å². The molecule has 2 aromatic carbocycles. The molecule has 2 aromatic rings. The zero-order valence-corrected chi connectivity index (χ0v) is 11.0. The Morgan fingerprint density at radius 1 is 1.00 bits per heavy atom. The number of anilines is 1. The first kappa shape index (κ1) is 12.7. The molecular weight excluding hydrogens is 242 g/mol. The molecule has 0 fully saturated rings. The van der Waals surface area contributed by atoms with Gasteiger partial charge in [0.2, 0.25) is 0 Å². The zero-order valence-electron chi connectivity index (χ0n) is 10.2. The molecule has 0 radical (unpaired) electrons. The summed E-state index contributed by atoms with van der Waals surface area (Å²) in [5.41, 5.74) is 3.69. The standard InChI is InChI=1S/C16H16ClN/c1-2-5-13-6-3-4-7-14(13)12-18-16-10-8-15(17)9-11-16/h2-4,6-11,18H,1,5,12H2. The minimum absolute atomic E-state index is 0.757. The summed E-state index contributed by atoms with van der Waals surface area (Å²) in [7, 11) is 0. The van der Waals surface area contributed by atoms with Crippen molar-refractivity contribution in [3.63, 3.8) is 0 Å². The monoisotopic (exact) mass is 257 g/mol. The van der Waals surface area contributed by atoms with Gasteiger partial charge in [-0.25, -0.2) is 0 Å². The molecule has 0 aliphatic heterocycles. The molecule has 0 aliphatic rings. The lowest BCUT2D eigenvalue weighted by molar-refractivity contribution is 1.09. The molecule has 18 heavy (non-hydrogen) atoms. The van der Waals surface area contributed by atoms with Gasteiger partial charge in [-0.05, 0) is 41.8 Å². The minimum atomic E-state index is 0.757. The highest BCUT2D eigenvalue weighted by Crippen LogP contribution is 2.16. The van der Waals surface area contributed by atoms with E-state index in [0.29, 0.717) is 0 Å². The summed E-state index contributed by atoms with van der Waals surface area (Å²) in [4.78, 5) is 0. The molecule has 1 nitrogen and oxygen atoms in total. The largest absolute Gasteiger partial charge is 0.381 e. The molecule has 0 aliphatic carbocycles. The summed E-state index contributed by atoms with van der Waals surface area (Å²) in [5, 5.41) is 4.15. The Balaban J connectivity index is 2.05. The third-order valence-corrected chi connectivity index (χ3v) is 3.06.